The van der Waals surface area contributed by atoms with Gasteiger partial charge < -0.3 is 9.47 Å². The number of nitrogens with zero attached hydrogens (tertiary/aromatic N) is 3. The molecule has 0 bridgehead atoms. The number of rotatable bonds is 6. The predicted molar refractivity (Wildman–Crippen MR) is 116 cm³/mol. The number of carbonyl (C=O) groups is 1. The van der Waals surface area contributed by atoms with E-state index in [-0.39, 0.29) is 10.7 Å². The lowest BCUT2D eigenvalue weighted by molar-refractivity contribution is 0.00693. The summed E-state index contributed by atoms with van der Waals surface area (Å²) >= 11 is 6.23. The average molecular weight is 428 g/mol. The van der Waals surface area contributed by atoms with Crippen LogP contribution in [0, 0.1) is 10.8 Å². The van der Waals surface area contributed by atoms with Crippen LogP contribution in [0.4, 0.5) is 0 Å². The van der Waals surface area contributed by atoms with Gasteiger partial charge in [-0.3, -0.25) is 0 Å². The molecular formula is C22H27BClN3O3. The lowest BCUT2D eigenvalue weighted by Gasteiger charge is -2.19. The van der Waals surface area contributed by atoms with Crippen LogP contribution in [0.5, 0.6) is 5.88 Å². The molecule has 2 aromatic heterocycles. The molecule has 3 aliphatic carbocycles. The van der Waals surface area contributed by atoms with Gasteiger partial charge in [-0.25, -0.2) is 14.5 Å². The number of hydrogen-bond donors (Lipinski definition) is 0. The summed E-state index contributed by atoms with van der Waals surface area (Å²) in [5, 5.41) is 5.01. The third-order valence-corrected chi connectivity index (χ3v) is 7.86. The van der Waals surface area contributed by atoms with Crippen molar-refractivity contribution in [2.24, 2.45) is 10.8 Å². The van der Waals surface area contributed by atoms with E-state index in [0.29, 0.717) is 34.4 Å². The van der Waals surface area contributed by atoms with E-state index in [1.54, 1.807) is 23.0 Å². The van der Waals surface area contributed by atoms with E-state index in [1.165, 1.54) is 25.7 Å². The fraction of sp³-hybridized carbons (Fsp3) is 0.591. The summed E-state index contributed by atoms with van der Waals surface area (Å²) in [5.74, 6) is 0.597. The Hall–Kier alpha value is -2.02. The van der Waals surface area contributed by atoms with Gasteiger partial charge in [-0.2, -0.15) is 0 Å². The highest BCUT2D eigenvalue weighted by Gasteiger charge is 2.91. The summed E-state index contributed by atoms with van der Waals surface area (Å²) in [6.07, 6.45) is 8.50. The highest BCUT2D eigenvalue weighted by Crippen LogP contribution is 3.02. The molecule has 3 fully saturated rings. The Morgan fingerprint density at radius 3 is 2.43 bits per heavy atom. The van der Waals surface area contributed by atoms with Crippen LogP contribution in [-0.4, -0.2) is 40.8 Å². The molecule has 30 heavy (non-hydrogen) atoms. The fourth-order valence-electron chi connectivity index (χ4n) is 5.84. The highest BCUT2D eigenvalue weighted by atomic mass is 35.5. The summed E-state index contributed by atoms with van der Waals surface area (Å²) in [6.45, 7) is 6.11. The molecule has 0 atom stereocenters. The highest BCUT2D eigenvalue weighted by molar-refractivity contribution is 6.32. The van der Waals surface area contributed by atoms with Crippen LogP contribution >= 0.6 is 11.6 Å². The molecule has 0 amide bonds. The van der Waals surface area contributed by atoms with E-state index in [2.05, 4.69) is 17.9 Å². The van der Waals surface area contributed by atoms with Gasteiger partial charge in [0.25, 0.3) is 0 Å². The van der Waals surface area contributed by atoms with Crippen molar-refractivity contribution in [1.29, 1.82) is 0 Å². The lowest BCUT2D eigenvalue weighted by Crippen LogP contribution is -2.24. The SMILES string of the molecule is BC1(CCOc2ccn(-c3ccc(C(=O)OC(C)(C)C)c(Cl)n3)n2)C2(CC2)C12CC2. The van der Waals surface area contributed by atoms with Crippen molar-refractivity contribution >= 4 is 25.4 Å². The molecule has 2 aromatic rings. The quantitative estimate of drug-likeness (QED) is 0.396. The molecule has 158 valence electrons. The van der Waals surface area contributed by atoms with Crippen molar-refractivity contribution in [2.75, 3.05) is 6.61 Å². The Balaban J connectivity index is 1.21. The summed E-state index contributed by atoms with van der Waals surface area (Å²) in [6, 6.07) is 5.13. The zero-order valence-corrected chi connectivity index (χ0v) is 18.8. The molecule has 0 N–H and O–H groups in total. The average Bonchev–Trinajstić information content (AvgIpc) is 3.58. The third kappa shape index (κ3) is 2.88. The van der Waals surface area contributed by atoms with E-state index in [0.717, 1.165) is 6.42 Å². The van der Waals surface area contributed by atoms with E-state index in [9.17, 15) is 4.79 Å². The van der Waals surface area contributed by atoms with Gasteiger partial charge in [-0.1, -0.05) is 11.6 Å². The molecule has 6 nitrogen and oxygen atoms in total. The van der Waals surface area contributed by atoms with Crippen LogP contribution in [0.25, 0.3) is 5.82 Å². The molecule has 0 aliphatic heterocycles. The second-order valence-electron chi connectivity index (χ2n) is 10.2. The van der Waals surface area contributed by atoms with Gasteiger partial charge in [0.2, 0.25) is 5.88 Å². The smallest absolute Gasteiger partial charge is 0.341 e. The predicted octanol–water partition coefficient (Wildman–Crippen LogP) is 4.01. The number of pyridine rings is 1. The second-order valence-corrected chi connectivity index (χ2v) is 10.6. The van der Waals surface area contributed by atoms with Crippen molar-refractivity contribution in [3.63, 3.8) is 0 Å². The maximum Gasteiger partial charge on any atom is 0.341 e. The zero-order valence-electron chi connectivity index (χ0n) is 18.0. The van der Waals surface area contributed by atoms with Crippen molar-refractivity contribution in [2.45, 2.75) is 63.8 Å². The normalized spacial score (nSPS) is 21.5. The van der Waals surface area contributed by atoms with Crippen LogP contribution in [-0.2, 0) is 4.74 Å². The minimum absolute atomic E-state index is 0.0887. The van der Waals surface area contributed by atoms with E-state index in [4.69, 9.17) is 21.1 Å². The molecule has 3 saturated carbocycles. The monoisotopic (exact) mass is 427 g/mol. The molecular weight excluding hydrogens is 401 g/mol. The standard InChI is InChI=1S/C22H27BClN3O3/c1-19(2,3)30-18(28)14-4-5-15(25-17(14)24)27-12-6-16(26-27)29-13-11-22(23)20(7-8-20)21(22)9-10-21/h4-6,12H,7-11,13,23H2,1-3H3. The van der Waals surface area contributed by atoms with E-state index >= 15 is 0 Å². The summed E-state index contributed by atoms with van der Waals surface area (Å²) < 4.78 is 12.9. The minimum atomic E-state index is -0.594. The third-order valence-electron chi connectivity index (χ3n) is 7.57. The molecule has 3 aliphatic rings. The van der Waals surface area contributed by atoms with Crippen molar-refractivity contribution < 1.29 is 14.3 Å². The maximum absolute atomic E-state index is 12.2. The van der Waals surface area contributed by atoms with E-state index < -0.39 is 11.6 Å². The van der Waals surface area contributed by atoms with Crippen molar-refractivity contribution in [3.05, 3.63) is 35.1 Å². The molecule has 8 heteroatoms. The first-order valence-electron chi connectivity index (χ1n) is 10.7. The van der Waals surface area contributed by atoms with Crippen LogP contribution < -0.4 is 4.74 Å². The van der Waals surface area contributed by atoms with Crippen molar-refractivity contribution in [1.82, 2.24) is 14.8 Å². The van der Waals surface area contributed by atoms with Gasteiger partial charge in [0, 0.05) is 12.3 Å². The Bertz CT molecular complexity index is 1000. The Labute approximate surface area is 182 Å². The number of esters is 1. The van der Waals surface area contributed by atoms with Crippen LogP contribution in [0.1, 0.15) is 63.2 Å². The Morgan fingerprint density at radius 1 is 1.20 bits per heavy atom. The van der Waals surface area contributed by atoms with E-state index in [1.807, 2.05) is 26.8 Å². The van der Waals surface area contributed by atoms with Gasteiger partial charge >= 0.3 is 5.97 Å². The first-order chi connectivity index (χ1) is 14.1. The number of carbonyl (C=O) groups excluding carboxylic acids is 1. The van der Waals surface area contributed by atoms with Crippen LogP contribution in [0.3, 0.4) is 0 Å². The minimum Gasteiger partial charge on any atom is -0.477 e. The number of halogens is 1. The first-order valence-corrected chi connectivity index (χ1v) is 11.1. The fourth-order valence-corrected chi connectivity index (χ4v) is 6.06. The van der Waals surface area contributed by atoms with Gasteiger partial charge in [-0.15, -0.1) is 5.10 Å². The first kappa shape index (κ1) is 19.9. The molecule has 2 heterocycles. The molecule has 0 saturated heterocycles. The van der Waals surface area contributed by atoms with Crippen LogP contribution in [0.2, 0.25) is 10.5 Å². The number of ether oxygens (including phenoxy) is 2. The molecule has 2 spiro atoms. The maximum atomic E-state index is 12.2. The van der Waals surface area contributed by atoms with Crippen LogP contribution in [0.15, 0.2) is 24.4 Å². The Morgan fingerprint density at radius 2 is 1.87 bits per heavy atom. The molecule has 0 unspecified atom stereocenters. The van der Waals surface area contributed by atoms with Crippen molar-refractivity contribution in [3.8, 4) is 11.7 Å². The summed E-state index contributed by atoms with van der Waals surface area (Å²) in [7, 11) is 2.45. The lowest BCUT2D eigenvalue weighted by atomic mass is 9.75. The second kappa shape index (κ2) is 6.25. The largest absolute Gasteiger partial charge is 0.477 e. The summed E-state index contributed by atoms with van der Waals surface area (Å²) in [4.78, 5) is 16.6. The van der Waals surface area contributed by atoms with Gasteiger partial charge in [0.15, 0.2) is 5.82 Å². The zero-order chi connectivity index (χ0) is 21.4. The molecule has 0 aromatic carbocycles. The van der Waals surface area contributed by atoms with Gasteiger partial charge in [0.05, 0.1) is 12.2 Å². The number of aromatic nitrogens is 3. The molecule has 5 rings (SSSR count). The number of hydrogen-bond acceptors (Lipinski definition) is 5. The van der Waals surface area contributed by atoms with Gasteiger partial charge in [0.1, 0.15) is 18.6 Å². The summed E-state index contributed by atoms with van der Waals surface area (Å²) in [5.41, 5.74) is 0.946. The van der Waals surface area contributed by atoms with Gasteiger partial charge in [-0.05, 0) is 81.2 Å². The Kier molecular flexibility index (Phi) is 4.15. The topological polar surface area (TPSA) is 66.2 Å². The number of fused-ring (bicyclic) bond motifs is 1. The molecule has 0 radical (unpaired) electrons.